The largest absolute Gasteiger partial charge is 0.369 e. The lowest BCUT2D eigenvalue weighted by Gasteiger charge is -2.44. The Balaban J connectivity index is 2.04. The summed E-state index contributed by atoms with van der Waals surface area (Å²) in [6.07, 6.45) is 8.32. The van der Waals surface area contributed by atoms with Gasteiger partial charge in [0.2, 0.25) is 0 Å². The molecule has 130 valence electrons. The van der Waals surface area contributed by atoms with Gasteiger partial charge in [-0.3, -0.25) is 0 Å². The van der Waals surface area contributed by atoms with Gasteiger partial charge in [0, 0.05) is 24.6 Å². The Labute approximate surface area is 139 Å². The first-order valence-electron chi connectivity index (χ1n) is 8.70. The molecule has 2 aliphatic carbocycles. The van der Waals surface area contributed by atoms with Gasteiger partial charge >= 0.3 is 0 Å². The van der Waals surface area contributed by atoms with Crippen LogP contribution in [0.1, 0.15) is 51.4 Å². The molecule has 0 heterocycles. The van der Waals surface area contributed by atoms with Crippen molar-refractivity contribution in [1.29, 1.82) is 0 Å². The van der Waals surface area contributed by atoms with E-state index >= 15 is 0 Å². The van der Waals surface area contributed by atoms with E-state index in [2.05, 4.69) is 5.73 Å². The van der Waals surface area contributed by atoms with E-state index in [-0.39, 0.29) is 12.1 Å². The van der Waals surface area contributed by atoms with Gasteiger partial charge in [0.25, 0.3) is 6.35 Å². The molecule has 2 fully saturated rings. The summed E-state index contributed by atoms with van der Waals surface area (Å²) in [4.78, 5) is 1.97. The van der Waals surface area contributed by atoms with E-state index in [1.165, 1.54) is 12.8 Å². The second-order valence-electron chi connectivity index (χ2n) is 7.02. The Kier molecular flexibility index (Phi) is 7.38. The number of alkyl halides is 1. The van der Waals surface area contributed by atoms with E-state index in [1.54, 1.807) is 7.11 Å². The average molecular weight is 335 g/mol. The van der Waals surface area contributed by atoms with Crippen molar-refractivity contribution in [2.75, 3.05) is 13.8 Å². The fraction of sp³-hybridized carbons (Fsp3) is 1.00. The average Bonchev–Trinajstić information content (AvgIpc) is 2.52. The zero-order chi connectivity index (χ0) is 16.1. The zero-order valence-corrected chi connectivity index (χ0v) is 14.5. The van der Waals surface area contributed by atoms with Crippen LogP contribution in [0.5, 0.6) is 0 Å². The van der Waals surface area contributed by atoms with Crippen molar-refractivity contribution in [2.45, 2.75) is 75.2 Å². The third kappa shape index (κ3) is 4.56. The maximum atomic E-state index is 10.0. The van der Waals surface area contributed by atoms with E-state index in [9.17, 15) is 5.11 Å². The van der Waals surface area contributed by atoms with Crippen molar-refractivity contribution in [2.24, 2.45) is 17.6 Å². The van der Waals surface area contributed by atoms with Gasteiger partial charge in [-0.05, 0) is 50.4 Å². The number of methoxy groups -OCH3 is 1. The first kappa shape index (κ1) is 18.4. The Morgan fingerprint density at radius 3 is 2.45 bits per heavy atom. The molecular formula is C16H33ClN3O2+. The number of aliphatic hydroxyl groups excluding tert-OH is 1. The maximum Gasteiger partial charge on any atom is 0.250 e. The molecule has 0 bridgehead atoms. The van der Waals surface area contributed by atoms with Crippen LogP contribution in [0.4, 0.5) is 0 Å². The summed E-state index contributed by atoms with van der Waals surface area (Å²) in [5.41, 5.74) is 10.5. The Bertz CT molecular complexity index is 325. The third-order valence-electron chi connectivity index (χ3n) is 5.61. The van der Waals surface area contributed by atoms with Crippen molar-refractivity contribution >= 4 is 11.6 Å². The summed E-state index contributed by atoms with van der Waals surface area (Å²) >= 11 is 6.23. The van der Waals surface area contributed by atoms with Gasteiger partial charge in [-0.25, -0.2) is 4.90 Å². The smallest absolute Gasteiger partial charge is 0.250 e. The molecule has 0 amide bonds. The number of ether oxygens (including phenoxy) is 1. The first-order valence-corrected chi connectivity index (χ1v) is 9.13. The highest BCUT2D eigenvalue weighted by Gasteiger charge is 2.40. The lowest BCUT2D eigenvalue weighted by molar-refractivity contribution is -0.530. The van der Waals surface area contributed by atoms with Crippen molar-refractivity contribution in [3.8, 4) is 0 Å². The van der Waals surface area contributed by atoms with E-state index in [0.29, 0.717) is 23.9 Å². The molecular weight excluding hydrogens is 302 g/mol. The molecule has 0 aromatic heterocycles. The number of halogens is 1. The molecule has 22 heavy (non-hydrogen) atoms. The van der Waals surface area contributed by atoms with Crippen LogP contribution in [-0.4, -0.2) is 47.7 Å². The van der Waals surface area contributed by atoms with E-state index in [0.717, 1.165) is 38.5 Å². The summed E-state index contributed by atoms with van der Waals surface area (Å²) in [5.74, 6) is 0.976. The predicted octanol–water partition coefficient (Wildman–Crippen LogP) is 1.09. The van der Waals surface area contributed by atoms with E-state index < -0.39 is 6.35 Å². The quantitative estimate of drug-likeness (QED) is 0.501. The molecule has 2 saturated carbocycles. The normalized spacial score (nSPS) is 36.3. The van der Waals surface area contributed by atoms with Crippen LogP contribution < -0.4 is 11.5 Å². The Hall–Kier alpha value is 0.0900. The highest BCUT2D eigenvalue weighted by molar-refractivity contribution is 6.20. The molecule has 0 saturated heterocycles. The Morgan fingerprint density at radius 1 is 1.23 bits per heavy atom. The number of hydrogen-bond acceptors (Lipinski definition) is 4. The minimum Gasteiger partial charge on any atom is -0.369 e. The highest BCUT2D eigenvalue weighted by atomic mass is 35.5. The molecule has 0 radical (unpaired) electrons. The number of aliphatic hydroxyl groups is 1. The lowest BCUT2D eigenvalue weighted by atomic mass is 9.71. The number of rotatable bonds is 6. The Morgan fingerprint density at radius 2 is 1.86 bits per heavy atom. The SMILES string of the molecule is COCN(C([NH3+])O)C1CCCCC1C(N)C1CCC(Cl)CC1. The first-order chi connectivity index (χ1) is 10.5. The zero-order valence-electron chi connectivity index (χ0n) is 13.8. The summed E-state index contributed by atoms with van der Waals surface area (Å²) < 4.78 is 5.27. The lowest BCUT2D eigenvalue weighted by Crippen LogP contribution is -2.72. The van der Waals surface area contributed by atoms with Gasteiger partial charge in [0.15, 0.2) is 0 Å². The van der Waals surface area contributed by atoms with Crippen LogP contribution in [-0.2, 0) is 4.74 Å². The molecule has 0 aromatic carbocycles. The van der Waals surface area contributed by atoms with Gasteiger partial charge in [-0.15, -0.1) is 11.6 Å². The summed E-state index contributed by atoms with van der Waals surface area (Å²) in [6.45, 7) is 0.410. The van der Waals surface area contributed by atoms with Crippen LogP contribution >= 0.6 is 11.6 Å². The maximum absolute atomic E-state index is 10.0. The minimum absolute atomic E-state index is 0.188. The molecule has 6 N–H and O–H groups in total. The highest BCUT2D eigenvalue weighted by Crippen LogP contribution is 2.37. The fourth-order valence-corrected chi connectivity index (χ4v) is 4.62. The number of nitrogens with two attached hydrogens (primary N) is 1. The molecule has 5 nitrogen and oxygen atoms in total. The van der Waals surface area contributed by atoms with Crippen molar-refractivity contribution in [3.63, 3.8) is 0 Å². The fourth-order valence-electron chi connectivity index (χ4n) is 4.37. The molecule has 0 aliphatic heterocycles. The van der Waals surface area contributed by atoms with E-state index in [1.807, 2.05) is 4.90 Å². The minimum atomic E-state index is -0.740. The molecule has 2 rings (SSSR count). The number of quaternary nitrogens is 1. The monoisotopic (exact) mass is 334 g/mol. The van der Waals surface area contributed by atoms with Crippen LogP contribution in [0, 0.1) is 11.8 Å². The van der Waals surface area contributed by atoms with Crippen molar-refractivity contribution in [1.82, 2.24) is 4.90 Å². The molecule has 4 atom stereocenters. The molecule has 2 aliphatic rings. The second kappa shape index (κ2) is 8.81. The topological polar surface area (TPSA) is 86.4 Å². The van der Waals surface area contributed by atoms with Gasteiger partial charge in [0.05, 0.1) is 0 Å². The van der Waals surface area contributed by atoms with Gasteiger partial charge in [0.1, 0.15) is 6.73 Å². The van der Waals surface area contributed by atoms with Gasteiger partial charge in [-0.1, -0.05) is 12.8 Å². The summed E-state index contributed by atoms with van der Waals surface area (Å²) in [6, 6.07) is 0.456. The second-order valence-corrected chi connectivity index (χ2v) is 7.63. The van der Waals surface area contributed by atoms with Crippen molar-refractivity contribution < 1.29 is 15.6 Å². The predicted molar refractivity (Wildman–Crippen MR) is 87.9 cm³/mol. The van der Waals surface area contributed by atoms with Gasteiger partial charge < -0.3 is 21.3 Å². The number of nitrogens with zero attached hydrogens (tertiary/aromatic N) is 1. The molecule has 0 spiro atoms. The van der Waals surface area contributed by atoms with Crippen LogP contribution in [0.15, 0.2) is 0 Å². The standard InChI is InChI=1S/C16H32ClN3O2/c1-22-10-20(16(19)21)14-5-3-2-4-13(14)15(18)11-6-8-12(17)9-7-11/h11-16,21H,2-10,18-19H2,1H3/p+1. The van der Waals surface area contributed by atoms with Gasteiger partial charge in [-0.2, -0.15) is 0 Å². The molecule has 4 unspecified atom stereocenters. The summed E-state index contributed by atoms with van der Waals surface area (Å²) in [5, 5.41) is 10.3. The van der Waals surface area contributed by atoms with Crippen LogP contribution in [0.2, 0.25) is 0 Å². The number of hydrogen-bond donors (Lipinski definition) is 3. The summed E-state index contributed by atoms with van der Waals surface area (Å²) in [7, 11) is 1.66. The molecule has 6 heteroatoms. The van der Waals surface area contributed by atoms with E-state index in [4.69, 9.17) is 22.1 Å². The van der Waals surface area contributed by atoms with Crippen LogP contribution in [0.3, 0.4) is 0 Å². The van der Waals surface area contributed by atoms with Crippen LogP contribution in [0.25, 0.3) is 0 Å². The van der Waals surface area contributed by atoms with Crippen molar-refractivity contribution in [3.05, 3.63) is 0 Å². The third-order valence-corrected chi connectivity index (χ3v) is 6.05. The molecule has 0 aromatic rings.